The molecular formula is C17H20N2O2. The van der Waals surface area contributed by atoms with Crippen molar-refractivity contribution in [2.24, 2.45) is 5.92 Å². The van der Waals surface area contributed by atoms with E-state index in [1.807, 2.05) is 24.3 Å². The second-order valence-electron chi connectivity index (χ2n) is 5.70. The fourth-order valence-electron chi connectivity index (χ4n) is 3.06. The average Bonchev–Trinajstić information content (AvgIpc) is 2.53. The predicted octanol–water partition coefficient (Wildman–Crippen LogP) is 3.56. The molecule has 110 valence electrons. The first-order valence-electron chi connectivity index (χ1n) is 7.57. The summed E-state index contributed by atoms with van der Waals surface area (Å²) in [6.07, 6.45) is 3.43. The van der Waals surface area contributed by atoms with Crippen LogP contribution in [-0.2, 0) is 0 Å². The third-order valence-electron chi connectivity index (χ3n) is 4.43. The second kappa shape index (κ2) is 5.72. The molecular weight excluding hydrogens is 264 g/mol. The van der Waals surface area contributed by atoms with Gasteiger partial charge in [-0.25, -0.2) is 9.78 Å². The maximum Gasteiger partial charge on any atom is 0.339 e. The Morgan fingerprint density at radius 3 is 2.71 bits per heavy atom. The van der Waals surface area contributed by atoms with E-state index in [1.54, 1.807) is 6.07 Å². The molecule has 1 aromatic heterocycles. The van der Waals surface area contributed by atoms with E-state index in [9.17, 15) is 9.90 Å². The molecule has 21 heavy (non-hydrogen) atoms. The number of fused-ring (bicyclic) bond motifs is 1. The number of anilines is 1. The third kappa shape index (κ3) is 2.71. The molecule has 0 saturated carbocycles. The number of pyridine rings is 1. The standard InChI is InChI=1S/C17H20N2O2/c1-2-12-7-9-19(10-8-12)16-14(17(20)21)11-13-5-3-4-6-15(13)18-16/h3-6,11-12H,2,7-10H2,1H3,(H,20,21). The molecule has 0 unspecified atom stereocenters. The van der Waals surface area contributed by atoms with Crippen molar-refractivity contribution in [2.75, 3.05) is 18.0 Å². The van der Waals surface area contributed by atoms with Gasteiger partial charge in [0.25, 0.3) is 0 Å². The molecule has 0 atom stereocenters. The molecule has 3 rings (SSSR count). The molecule has 1 fully saturated rings. The van der Waals surface area contributed by atoms with Crippen LogP contribution in [0.2, 0.25) is 0 Å². The van der Waals surface area contributed by atoms with Crippen LogP contribution in [0.5, 0.6) is 0 Å². The van der Waals surface area contributed by atoms with E-state index in [0.29, 0.717) is 11.4 Å². The van der Waals surface area contributed by atoms with Crippen LogP contribution in [0.15, 0.2) is 30.3 Å². The Hall–Kier alpha value is -2.10. The molecule has 0 aliphatic carbocycles. The largest absolute Gasteiger partial charge is 0.478 e. The molecule has 0 radical (unpaired) electrons. The summed E-state index contributed by atoms with van der Waals surface area (Å²) >= 11 is 0. The summed E-state index contributed by atoms with van der Waals surface area (Å²) in [6, 6.07) is 9.42. The van der Waals surface area contributed by atoms with Crippen LogP contribution < -0.4 is 4.90 Å². The number of para-hydroxylation sites is 1. The van der Waals surface area contributed by atoms with Gasteiger partial charge in [0.15, 0.2) is 0 Å². The minimum atomic E-state index is -0.902. The van der Waals surface area contributed by atoms with Gasteiger partial charge in [-0.05, 0) is 30.9 Å². The quantitative estimate of drug-likeness (QED) is 0.936. The number of aromatic carboxylic acids is 1. The average molecular weight is 284 g/mol. The van der Waals surface area contributed by atoms with E-state index < -0.39 is 5.97 Å². The minimum absolute atomic E-state index is 0.309. The topological polar surface area (TPSA) is 53.4 Å². The lowest BCUT2D eigenvalue weighted by Gasteiger charge is -2.33. The van der Waals surface area contributed by atoms with Crippen molar-refractivity contribution in [3.63, 3.8) is 0 Å². The Morgan fingerprint density at radius 2 is 2.05 bits per heavy atom. The van der Waals surface area contributed by atoms with Gasteiger partial charge in [0.05, 0.1) is 5.52 Å². The van der Waals surface area contributed by atoms with Crippen molar-refractivity contribution in [3.8, 4) is 0 Å². The van der Waals surface area contributed by atoms with E-state index in [4.69, 9.17) is 0 Å². The summed E-state index contributed by atoms with van der Waals surface area (Å²) in [4.78, 5) is 18.3. The SMILES string of the molecule is CCC1CCN(c2nc3ccccc3cc2C(=O)O)CC1. The van der Waals surface area contributed by atoms with Gasteiger partial charge in [0.2, 0.25) is 0 Å². The van der Waals surface area contributed by atoms with E-state index in [2.05, 4.69) is 16.8 Å². The van der Waals surface area contributed by atoms with Crippen molar-refractivity contribution in [1.82, 2.24) is 4.98 Å². The first-order chi connectivity index (χ1) is 10.2. The molecule has 0 spiro atoms. The number of benzene rings is 1. The Kier molecular flexibility index (Phi) is 3.78. The number of hydrogen-bond acceptors (Lipinski definition) is 3. The minimum Gasteiger partial charge on any atom is -0.478 e. The van der Waals surface area contributed by atoms with Gasteiger partial charge in [0.1, 0.15) is 11.4 Å². The van der Waals surface area contributed by atoms with Gasteiger partial charge in [-0.1, -0.05) is 31.5 Å². The number of carboxylic acid groups (broad SMARTS) is 1. The highest BCUT2D eigenvalue weighted by molar-refractivity contribution is 5.98. The fourth-order valence-corrected chi connectivity index (χ4v) is 3.06. The molecule has 2 aromatic rings. The van der Waals surface area contributed by atoms with Crippen LogP contribution in [0, 0.1) is 5.92 Å². The van der Waals surface area contributed by atoms with Crippen LogP contribution in [0.3, 0.4) is 0 Å². The number of carbonyl (C=O) groups is 1. The van der Waals surface area contributed by atoms with Gasteiger partial charge >= 0.3 is 5.97 Å². The molecule has 1 N–H and O–H groups in total. The van der Waals surface area contributed by atoms with Crippen LogP contribution >= 0.6 is 0 Å². The first-order valence-corrected chi connectivity index (χ1v) is 7.57. The molecule has 2 heterocycles. The highest BCUT2D eigenvalue weighted by Crippen LogP contribution is 2.28. The normalized spacial score (nSPS) is 16.3. The number of rotatable bonds is 3. The molecule has 4 nitrogen and oxygen atoms in total. The van der Waals surface area contributed by atoms with Crippen molar-refractivity contribution >= 4 is 22.7 Å². The zero-order chi connectivity index (χ0) is 14.8. The van der Waals surface area contributed by atoms with E-state index in [-0.39, 0.29) is 0 Å². The molecule has 1 aliphatic heterocycles. The van der Waals surface area contributed by atoms with Gasteiger partial charge < -0.3 is 10.0 Å². The zero-order valence-corrected chi connectivity index (χ0v) is 12.2. The molecule has 4 heteroatoms. The van der Waals surface area contributed by atoms with E-state index in [0.717, 1.165) is 42.8 Å². The third-order valence-corrected chi connectivity index (χ3v) is 4.43. The summed E-state index contributed by atoms with van der Waals surface area (Å²) in [5.74, 6) is 0.478. The summed E-state index contributed by atoms with van der Waals surface area (Å²) in [5, 5.41) is 10.4. The Bertz CT molecular complexity index is 661. The monoisotopic (exact) mass is 284 g/mol. The summed E-state index contributed by atoms with van der Waals surface area (Å²) in [5.41, 5.74) is 1.17. The Labute approximate surface area is 124 Å². The molecule has 1 aromatic carbocycles. The molecule has 1 saturated heterocycles. The van der Waals surface area contributed by atoms with Crippen molar-refractivity contribution in [2.45, 2.75) is 26.2 Å². The maximum atomic E-state index is 11.6. The Morgan fingerprint density at radius 1 is 1.33 bits per heavy atom. The van der Waals surface area contributed by atoms with Gasteiger partial charge in [-0.3, -0.25) is 0 Å². The number of nitrogens with zero attached hydrogens (tertiary/aromatic N) is 2. The molecule has 1 aliphatic rings. The molecule has 0 bridgehead atoms. The van der Waals surface area contributed by atoms with Crippen LogP contribution in [0.4, 0.5) is 5.82 Å². The summed E-state index contributed by atoms with van der Waals surface area (Å²) in [6.45, 7) is 4.01. The Balaban J connectivity index is 2.00. The highest BCUT2D eigenvalue weighted by Gasteiger charge is 2.23. The summed E-state index contributed by atoms with van der Waals surface area (Å²) < 4.78 is 0. The molecule has 0 amide bonds. The van der Waals surface area contributed by atoms with Crippen LogP contribution in [-0.4, -0.2) is 29.1 Å². The van der Waals surface area contributed by atoms with Crippen LogP contribution in [0.25, 0.3) is 10.9 Å². The number of aromatic nitrogens is 1. The lowest BCUT2D eigenvalue weighted by Crippen LogP contribution is -2.35. The van der Waals surface area contributed by atoms with E-state index in [1.165, 1.54) is 6.42 Å². The van der Waals surface area contributed by atoms with Gasteiger partial charge in [-0.2, -0.15) is 0 Å². The van der Waals surface area contributed by atoms with Crippen LogP contribution in [0.1, 0.15) is 36.5 Å². The number of carboxylic acids is 1. The fraction of sp³-hybridized carbons (Fsp3) is 0.412. The predicted molar refractivity (Wildman–Crippen MR) is 83.9 cm³/mol. The van der Waals surface area contributed by atoms with E-state index >= 15 is 0 Å². The van der Waals surface area contributed by atoms with Gasteiger partial charge in [-0.15, -0.1) is 0 Å². The summed E-state index contributed by atoms with van der Waals surface area (Å²) in [7, 11) is 0. The smallest absolute Gasteiger partial charge is 0.339 e. The zero-order valence-electron chi connectivity index (χ0n) is 12.2. The second-order valence-corrected chi connectivity index (χ2v) is 5.70. The van der Waals surface area contributed by atoms with Gasteiger partial charge in [0, 0.05) is 18.5 Å². The van der Waals surface area contributed by atoms with Crippen molar-refractivity contribution in [1.29, 1.82) is 0 Å². The lowest BCUT2D eigenvalue weighted by molar-refractivity contribution is 0.0697. The van der Waals surface area contributed by atoms with Crippen molar-refractivity contribution in [3.05, 3.63) is 35.9 Å². The highest BCUT2D eigenvalue weighted by atomic mass is 16.4. The van der Waals surface area contributed by atoms with Crippen molar-refractivity contribution < 1.29 is 9.90 Å². The number of piperidine rings is 1. The lowest BCUT2D eigenvalue weighted by atomic mass is 9.94. The maximum absolute atomic E-state index is 11.6. The first kappa shape index (κ1) is 13.9. The number of hydrogen-bond donors (Lipinski definition) is 1.